The molecule has 1 aromatic rings. The highest BCUT2D eigenvalue weighted by Crippen LogP contribution is 2.26. The third-order valence-corrected chi connectivity index (χ3v) is 2.14. The number of halogens is 3. The minimum absolute atomic E-state index is 0.0836. The van der Waals surface area contributed by atoms with E-state index < -0.39 is 23.5 Å². The number of benzene rings is 1. The Hall–Kier alpha value is -1.23. The fourth-order valence-corrected chi connectivity index (χ4v) is 1.19. The Balaban J connectivity index is 2.95. The van der Waals surface area contributed by atoms with E-state index in [4.69, 9.17) is 5.73 Å². The molecule has 15 heavy (non-hydrogen) atoms. The number of hydrogen-bond acceptors (Lipinski definition) is 2. The van der Waals surface area contributed by atoms with E-state index >= 15 is 0 Å². The standard InChI is InChI=1S/C10H12F3NO/c1-10(14,9(12)13)5-6-3-2-4-7(11)8(6)15/h2-4,9,15H,5,14H2,1H3. The molecule has 0 aliphatic carbocycles. The lowest BCUT2D eigenvalue weighted by Gasteiger charge is -2.23. The van der Waals surface area contributed by atoms with E-state index in [1.54, 1.807) is 0 Å². The van der Waals surface area contributed by atoms with Gasteiger partial charge in [-0.15, -0.1) is 0 Å². The van der Waals surface area contributed by atoms with Crippen LogP contribution in [0.1, 0.15) is 12.5 Å². The Morgan fingerprint density at radius 3 is 2.60 bits per heavy atom. The molecule has 5 heteroatoms. The van der Waals surface area contributed by atoms with Gasteiger partial charge in [0.2, 0.25) is 0 Å². The maximum absolute atomic E-state index is 12.9. The van der Waals surface area contributed by atoms with Gasteiger partial charge in [-0.05, 0) is 25.0 Å². The number of aromatic hydroxyl groups is 1. The quantitative estimate of drug-likeness (QED) is 0.817. The zero-order valence-corrected chi connectivity index (χ0v) is 8.17. The van der Waals surface area contributed by atoms with E-state index in [0.717, 1.165) is 13.0 Å². The van der Waals surface area contributed by atoms with Gasteiger partial charge in [0.15, 0.2) is 11.6 Å². The lowest BCUT2D eigenvalue weighted by molar-refractivity contribution is 0.0636. The summed E-state index contributed by atoms with van der Waals surface area (Å²) in [6.45, 7) is 1.15. The molecule has 3 N–H and O–H groups in total. The summed E-state index contributed by atoms with van der Waals surface area (Å²) in [6.07, 6.45) is -3.02. The molecule has 2 nitrogen and oxygen atoms in total. The first kappa shape index (κ1) is 11.8. The van der Waals surface area contributed by atoms with Crippen molar-refractivity contribution in [1.82, 2.24) is 0 Å². The summed E-state index contributed by atoms with van der Waals surface area (Å²) in [7, 11) is 0. The molecule has 0 fully saturated rings. The van der Waals surface area contributed by atoms with Crippen molar-refractivity contribution in [2.45, 2.75) is 25.3 Å². The molecule has 84 valence electrons. The maximum Gasteiger partial charge on any atom is 0.256 e. The molecule has 0 radical (unpaired) electrons. The van der Waals surface area contributed by atoms with Crippen LogP contribution in [0.3, 0.4) is 0 Å². The second kappa shape index (κ2) is 4.10. The molecule has 0 saturated carbocycles. The van der Waals surface area contributed by atoms with Crippen LogP contribution in [0.25, 0.3) is 0 Å². The van der Waals surface area contributed by atoms with Crippen LogP contribution in [-0.4, -0.2) is 17.1 Å². The number of hydrogen-bond donors (Lipinski definition) is 2. The molecule has 1 aromatic carbocycles. The number of rotatable bonds is 3. The van der Waals surface area contributed by atoms with Crippen molar-refractivity contribution >= 4 is 0 Å². The third-order valence-electron chi connectivity index (χ3n) is 2.14. The number of nitrogens with two attached hydrogens (primary N) is 1. The van der Waals surface area contributed by atoms with Crippen LogP contribution in [0.15, 0.2) is 18.2 Å². The van der Waals surface area contributed by atoms with Crippen molar-refractivity contribution in [3.05, 3.63) is 29.6 Å². The van der Waals surface area contributed by atoms with Crippen LogP contribution < -0.4 is 5.73 Å². The summed E-state index contributed by atoms with van der Waals surface area (Å²) in [5.41, 5.74) is 3.64. The summed E-state index contributed by atoms with van der Waals surface area (Å²) in [4.78, 5) is 0. The predicted molar refractivity (Wildman–Crippen MR) is 50.4 cm³/mol. The Kier molecular flexibility index (Phi) is 3.24. The van der Waals surface area contributed by atoms with Gasteiger partial charge in [-0.3, -0.25) is 0 Å². The lowest BCUT2D eigenvalue weighted by Crippen LogP contribution is -2.45. The number of para-hydroxylation sites is 1. The SMILES string of the molecule is CC(N)(Cc1cccc(F)c1O)C(F)F. The highest BCUT2D eigenvalue weighted by Gasteiger charge is 2.31. The molecule has 0 amide bonds. The Morgan fingerprint density at radius 1 is 1.47 bits per heavy atom. The molecule has 0 spiro atoms. The number of phenolic OH excluding ortho intramolecular Hbond substituents is 1. The molecular weight excluding hydrogens is 207 g/mol. The smallest absolute Gasteiger partial charge is 0.256 e. The third kappa shape index (κ3) is 2.62. The van der Waals surface area contributed by atoms with Crippen LogP contribution in [0, 0.1) is 5.82 Å². The van der Waals surface area contributed by atoms with E-state index in [2.05, 4.69) is 0 Å². The van der Waals surface area contributed by atoms with E-state index in [9.17, 15) is 18.3 Å². The largest absolute Gasteiger partial charge is 0.505 e. The second-order valence-electron chi connectivity index (χ2n) is 3.73. The zero-order valence-electron chi connectivity index (χ0n) is 8.17. The van der Waals surface area contributed by atoms with Crippen LogP contribution in [0.4, 0.5) is 13.2 Å². The second-order valence-corrected chi connectivity index (χ2v) is 3.73. The van der Waals surface area contributed by atoms with Gasteiger partial charge in [0.25, 0.3) is 6.43 Å². The number of alkyl halides is 2. The molecule has 0 aliphatic heterocycles. The summed E-state index contributed by atoms with van der Waals surface area (Å²) in [6, 6.07) is 3.76. The molecule has 1 rings (SSSR count). The van der Waals surface area contributed by atoms with Gasteiger partial charge in [-0.1, -0.05) is 12.1 Å². The first-order valence-electron chi connectivity index (χ1n) is 4.38. The molecule has 0 saturated heterocycles. The lowest BCUT2D eigenvalue weighted by atomic mass is 9.94. The van der Waals surface area contributed by atoms with Crippen LogP contribution in [-0.2, 0) is 6.42 Å². The highest BCUT2D eigenvalue weighted by atomic mass is 19.3. The van der Waals surface area contributed by atoms with Gasteiger partial charge in [0.05, 0.1) is 5.54 Å². The van der Waals surface area contributed by atoms with E-state index in [1.165, 1.54) is 12.1 Å². The monoisotopic (exact) mass is 219 g/mol. The first-order valence-corrected chi connectivity index (χ1v) is 4.38. The molecule has 0 heterocycles. The molecule has 0 aromatic heterocycles. The minimum atomic E-state index is -2.74. The first-order chi connectivity index (χ1) is 6.84. The van der Waals surface area contributed by atoms with Crippen LogP contribution in [0.2, 0.25) is 0 Å². The van der Waals surface area contributed by atoms with Crippen molar-refractivity contribution in [1.29, 1.82) is 0 Å². The summed E-state index contributed by atoms with van der Waals surface area (Å²) >= 11 is 0. The van der Waals surface area contributed by atoms with E-state index in [1.807, 2.05) is 0 Å². The summed E-state index contributed by atoms with van der Waals surface area (Å²) in [5, 5.41) is 9.27. The molecule has 1 unspecified atom stereocenters. The molecule has 1 atom stereocenters. The van der Waals surface area contributed by atoms with Crippen molar-refractivity contribution in [3.8, 4) is 5.75 Å². The topological polar surface area (TPSA) is 46.2 Å². The maximum atomic E-state index is 12.9. The van der Waals surface area contributed by atoms with Crippen molar-refractivity contribution in [2.75, 3.05) is 0 Å². The normalized spacial score (nSPS) is 15.3. The fourth-order valence-electron chi connectivity index (χ4n) is 1.19. The molecular formula is C10H12F3NO. The van der Waals surface area contributed by atoms with E-state index in [0.29, 0.717) is 0 Å². The van der Waals surface area contributed by atoms with Gasteiger partial charge in [0.1, 0.15) is 0 Å². The number of phenols is 1. The Labute approximate surface area is 85.5 Å². The zero-order chi connectivity index (χ0) is 11.6. The van der Waals surface area contributed by atoms with Gasteiger partial charge >= 0.3 is 0 Å². The highest BCUT2D eigenvalue weighted by molar-refractivity contribution is 5.34. The summed E-state index contributed by atoms with van der Waals surface area (Å²) < 4.78 is 37.7. The van der Waals surface area contributed by atoms with Gasteiger partial charge in [-0.2, -0.15) is 0 Å². The Bertz CT molecular complexity index is 353. The molecule has 0 aliphatic rings. The molecule has 0 bridgehead atoms. The minimum Gasteiger partial charge on any atom is -0.505 e. The van der Waals surface area contributed by atoms with Crippen molar-refractivity contribution in [3.63, 3.8) is 0 Å². The average Bonchev–Trinajstić information content (AvgIpc) is 2.12. The summed E-state index contributed by atoms with van der Waals surface area (Å²) in [5.74, 6) is -1.45. The van der Waals surface area contributed by atoms with Crippen molar-refractivity contribution < 1.29 is 18.3 Å². The van der Waals surface area contributed by atoms with Crippen LogP contribution >= 0.6 is 0 Å². The van der Waals surface area contributed by atoms with Crippen molar-refractivity contribution in [2.24, 2.45) is 5.73 Å². The Morgan fingerprint density at radius 2 is 2.07 bits per heavy atom. The van der Waals surface area contributed by atoms with Gasteiger partial charge in [0, 0.05) is 0 Å². The average molecular weight is 219 g/mol. The van der Waals surface area contributed by atoms with Gasteiger partial charge < -0.3 is 10.8 Å². The fraction of sp³-hybridized carbons (Fsp3) is 0.400. The van der Waals surface area contributed by atoms with Crippen LogP contribution in [0.5, 0.6) is 5.75 Å². The predicted octanol–water partition coefficient (Wildman–Crippen LogP) is 2.06. The van der Waals surface area contributed by atoms with Gasteiger partial charge in [-0.25, -0.2) is 13.2 Å². The van der Waals surface area contributed by atoms with E-state index in [-0.39, 0.29) is 12.0 Å².